The summed E-state index contributed by atoms with van der Waals surface area (Å²) in [6.07, 6.45) is 8.27. The molecule has 88 valence electrons. The number of hydrogen-bond acceptors (Lipinski definition) is 3. The standard InChI is InChI=1S/C12H19N3S/c1-2-10(6-13-4-1)11-7-14-15(8-11)12-3-5-16-9-12/h7-8,10,12-13H,1-6,9H2. The number of piperidine rings is 1. The summed E-state index contributed by atoms with van der Waals surface area (Å²) in [6, 6.07) is 0.648. The Morgan fingerprint density at radius 1 is 1.44 bits per heavy atom. The van der Waals surface area contributed by atoms with Crippen LogP contribution in [0.5, 0.6) is 0 Å². The monoisotopic (exact) mass is 237 g/mol. The quantitative estimate of drug-likeness (QED) is 0.853. The predicted molar refractivity (Wildman–Crippen MR) is 68.1 cm³/mol. The summed E-state index contributed by atoms with van der Waals surface area (Å²) in [6.45, 7) is 2.31. The van der Waals surface area contributed by atoms with Gasteiger partial charge in [-0.1, -0.05) is 0 Å². The molecule has 16 heavy (non-hydrogen) atoms. The Kier molecular flexibility index (Phi) is 3.20. The van der Waals surface area contributed by atoms with E-state index in [0.717, 1.165) is 6.54 Å². The summed E-state index contributed by atoms with van der Waals surface area (Å²) >= 11 is 2.05. The molecule has 2 aliphatic rings. The average molecular weight is 237 g/mol. The molecular weight excluding hydrogens is 218 g/mol. The normalized spacial score (nSPS) is 30.8. The van der Waals surface area contributed by atoms with Gasteiger partial charge in [0.25, 0.3) is 0 Å². The van der Waals surface area contributed by atoms with E-state index >= 15 is 0 Å². The van der Waals surface area contributed by atoms with E-state index in [9.17, 15) is 0 Å². The summed E-state index contributed by atoms with van der Waals surface area (Å²) in [5.74, 6) is 3.23. The molecule has 3 nitrogen and oxygen atoms in total. The van der Waals surface area contributed by atoms with Crippen LogP contribution in [0.4, 0.5) is 0 Å². The Labute approximate surface area is 101 Å². The van der Waals surface area contributed by atoms with E-state index in [4.69, 9.17) is 0 Å². The van der Waals surface area contributed by atoms with E-state index in [0.29, 0.717) is 12.0 Å². The minimum Gasteiger partial charge on any atom is -0.316 e. The number of aromatic nitrogens is 2. The highest BCUT2D eigenvalue weighted by atomic mass is 32.2. The van der Waals surface area contributed by atoms with Crippen LogP contribution in [-0.4, -0.2) is 34.4 Å². The van der Waals surface area contributed by atoms with E-state index in [1.807, 2.05) is 11.8 Å². The second kappa shape index (κ2) is 4.80. The van der Waals surface area contributed by atoms with Crippen molar-refractivity contribution in [2.24, 2.45) is 0 Å². The first-order valence-corrected chi connectivity index (χ1v) is 7.41. The van der Waals surface area contributed by atoms with Gasteiger partial charge in [0.1, 0.15) is 0 Å². The third-order valence-electron chi connectivity index (χ3n) is 3.67. The summed E-state index contributed by atoms with van der Waals surface area (Å²) < 4.78 is 2.20. The molecule has 0 amide bonds. The molecule has 2 saturated heterocycles. The van der Waals surface area contributed by atoms with Crippen LogP contribution in [-0.2, 0) is 0 Å². The first-order valence-electron chi connectivity index (χ1n) is 6.26. The van der Waals surface area contributed by atoms with Gasteiger partial charge >= 0.3 is 0 Å². The molecule has 2 atom stereocenters. The Bertz CT molecular complexity index is 338. The number of thioether (sulfide) groups is 1. The van der Waals surface area contributed by atoms with Crippen LogP contribution in [0.25, 0.3) is 0 Å². The second-order valence-corrected chi connectivity index (χ2v) is 5.96. The molecule has 0 aliphatic carbocycles. The molecular formula is C12H19N3S. The Hall–Kier alpha value is -0.480. The fraction of sp³-hybridized carbons (Fsp3) is 0.750. The lowest BCUT2D eigenvalue weighted by atomic mass is 9.94. The first kappa shape index (κ1) is 10.7. The van der Waals surface area contributed by atoms with Gasteiger partial charge < -0.3 is 5.32 Å². The van der Waals surface area contributed by atoms with Crippen LogP contribution in [0, 0.1) is 0 Å². The molecule has 0 spiro atoms. The molecule has 3 rings (SSSR count). The maximum Gasteiger partial charge on any atom is 0.0617 e. The molecule has 0 saturated carbocycles. The Balaban J connectivity index is 1.71. The van der Waals surface area contributed by atoms with E-state index in [1.54, 1.807) is 0 Å². The number of nitrogens with one attached hydrogen (secondary N) is 1. The molecule has 0 aromatic carbocycles. The zero-order valence-corrected chi connectivity index (χ0v) is 10.4. The van der Waals surface area contributed by atoms with Crippen molar-refractivity contribution in [2.45, 2.75) is 31.2 Å². The maximum absolute atomic E-state index is 4.55. The highest BCUT2D eigenvalue weighted by Gasteiger charge is 2.21. The third kappa shape index (κ3) is 2.13. The number of nitrogens with zero attached hydrogens (tertiary/aromatic N) is 2. The van der Waals surface area contributed by atoms with Gasteiger partial charge in [0.15, 0.2) is 0 Å². The number of hydrogen-bond donors (Lipinski definition) is 1. The van der Waals surface area contributed by atoms with Gasteiger partial charge in [0.2, 0.25) is 0 Å². The van der Waals surface area contributed by atoms with Crippen molar-refractivity contribution in [3.63, 3.8) is 0 Å². The van der Waals surface area contributed by atoms with Gasteiger partial charge in [-0.25, -0.2) is 0 Å². The molecule has 2 aliphatic heterocycles. The van der Waals surface area contributed by atoms with Crippen LogP contribution in [0.15, 0.2) is 12.4 Å². The summed E-state index contributed by atoms with van der Waals surface area (Å²) in [7, 11) is 0. The van der Waals surface area contributed by atoms with Gasteiger partial charge in [-0.2, -0.15) is 16.9 Å². The Morgan fingerprint density at radius 3 is 3.19 bits per heavy atom. The highest BCUT2D eigenvalue weighted by Crippen LogP contribution is 2.29. The summed E-state index contributed by atoms with van der Waals surface area (Å²) in [4.78, 5) is 0. The SMILES string of the molecule is c1nn(C2CCSC2)cc1C1CCCNC1. The smallest absolute Gasteiger partial charge is 0.0617 e. The van der Waals surface area contributed by atoms with Crippen molar-refractivity contribution >= 4 is 11.8 Å². The van der Waals surface area contributed by atoms with Crippen molar-refractivity contribution in [2.75, 3.05) is 24.6 Å². The van der Waals surface area contributed by atoms with Gasteiger partial charge in [-0.15, -0.1) is 0 Å². The molecule has 0 bridgehead atoms. The van der Waals surface area contributed by atoms with Gasteiger partial charge in [0.05, 0.1) is 12.2 Å². The number of rotatable bonds is 2. The Morgan fingerprint density at radius 2 is 2.44 bits per heavy atom. The average Bonchev–Trinajstić information content (AvgIpc) is 3.01. The van der Waals surface area contributed by atoms with Crippen molar-refractivity contribution in [1.82, 2.24) is 15.1 Å². The van der Waals surface area contributed by atoms with Crippen molar-refractivity contribution in [3.8, 4) is 0 Å². The van der Waals surface area contributed by atoms with Crippen LogP contribution in [0.3, 0.4) is 0 Å². The van der Waals surface area contributed by atoms with Crippen molar-refractivity contribution in [3.05, 3.63) is 18.0 Å². The molecule has 0 radical (unpaired) electrons. The molecule has 1 N–H and O–H groups in total. The van der Waals surface area contributed by atoms with Crippen LogP contribution >= 0.6 is 11.8 Å². The fourth-order valence-corrected chi connectivity index (χ4v) is 3.83. The molecule has 1 aromatic heterocycles. The maximum atomic E-state index is 4.55. The minimum absolute atomic E-state index is 0.648. The third-order valence-corrected chi connectivity index (χ3v) is 4.81. The van der Waals surface area contributed by atoms with E-state index in [1.165, 1.54) is 42.9 Å². The van der Waals surface area contributed by atoms with Gasteiger partial charge in [-0.05, 0) is 43.0 Å². The minimum atomic E-state index is 0.648. The first-order chi connectivity index (χ1) is 7.93. The lowest BCUT2D eigenvalue weighted by Gasteiger charge is -2.21. The van der Waals surface area contributed by atoms with Crippen LogP contribution in [0.2, 0.25) is 0 Å². The summed E-state index contributed by atoms with van der Waals surface area (Å²) in [5.41, 5.74) is 1.43. The molecule has 3 heterocycles. The predicted octanol–water partition coefficient (Wildman–Crippen LogP) is 2.03. The molecule has 1 aromatic rings. The lowest BCUT2D eigenvalue weighted by Crippen LogP contribution is -2.28. The van der Waals surface area contributed by atoms with Crippen LogP contribution in [0.1, 0.15) is 36.8 Å². The lowest BCUT2D eigenvalue weighted by molar-refractivity contribution is 0.459. The topological polar surface area (TPSA) is 29.9 Å². The largest absolute Gasteiger partial charge is 0.316 e. The van der Waals surface area contributed by atoms with E-state index in [2.05, 4.69) is 27.5 Å². The molecule has 2 unspecified atom stereocenters. The van der Waals surface area contributed by atoms with Crippen LogP contribution < -0.4 is 5.32 Å². The molecule has 4 heteroatoms. The van der Waals surface area contributed by atoms with Gasteiger partial charge in [0, 0.05) is 18.5 Å². The zero-order valence-electron chi connectivity index (χ0n) is 9.56. The summed E-state index contributed by atoms with van der Waals surface area (Å²) in [5, 5.41) is 8.02. The molecule has 2 fully saturated rings. The van der Waals surface area contributed by atoms with E-state index in [-0.39, 0.29) is 0 Å². The van der Waals surface area contributed by atoms with E-state index < -0.39 is 0 Å². The van der Waals surface area contributed by atoms with Gasteiger partial charge in [-0.3, -0.25) is 4.68 Å². The zero-order chi connectivity index (χ0) is 10.8. The van der Waals surface area contributed by atoms with Crippen molar-refractivity contribution < 1.29 is 0 Å². The van der Waals surface area contributed by atoms with Crippen molar-refractivity contribution in [1.29, 1.82) is 0 Å². The fourth-order valence-electron chi connectivity index (χ4n) is 2.63. The second-order valence-electron chi connectivity index (χ2n) is 4.81. The highest BCUT2D eigenvalue weighted by molar-refractivity contribution is 7.99.